The highest BCUT2D eigenvalue weighted by molar-refractivity contribution is 6.77. The van der Waals surface area contributed by atoms with E-state index in [-0.39, 0.29) is 24.2 Å². The van der Waals surface area contributed by atoms with Crippen molar-refractivity contribution in [3.63, 3.8) is 0 Å². The lowest BCUT2D eigenvalue weighted by Gasteiger charge is -2.47. The Hall–Kier alpha value is -0.193. The second-order valence-corrected chi connectivity index (χ2v) is 15.9. The van der Waals surface area contributed by atoms with Crippen LogP contribution in [0.2, 0.25) is 16.6 Å². The van der Waals surface area contributed by atoms with E-state index in [9.17, 15) is 9.90 Å². The molecule has 0 fully saturated rings. The maximum absolute atomic E-state index is 12.4. The number of hydrogen-bond donors (Lipinski definition) is 1. The lowest BCUT2D eigenvalue weighted by molar-refractivity contribution is -0.129. The number of aliphatic hydroxyl groups is 1. The van der Waals surface area contributed by atoms with Gasteiger partial charge in [-0.05, 0) is 22.5 Å². The summed E-state index contributed by atoms with van der Waals surface area (Å²) in [6, 6.07) is 0. The van der Waals surface area contributed by atoms with Gasteiger partial charge in [0.25, 0.3) is 0 Å². The monoisotopic (exact) mass is 386 g/mol. The third-order valence-corrected chi connectivity index (χ3v) is 12.2. The van der Waals surface area contributed by atoms with Gasteiger partial charge >= 0.3 is 0 Å². The van der Waals surface area contributed by atoms with Crippen LogP contribution in [0, 0.1) is 17.3 Å². The Bertz CT molecular complexity index is 413. The number of ketones is 1. The largest absolute Gasteiger partial charge is 0.413 e. The minimum atomic E-state index is -2.03. The van der Waals surface area contributed by atoms with Crippen LogP contribution in [-0.2, 0) is 9.22 Å². The number of rotatable bonds is 10. The van der Waals surface area contributed by atoms with Crippen molar-refractivity contribution in [2.24, 2.45) is 17.3 Å². The molecule has 3 atom stereocenters. The predicted octanol–water partition coefficient (Wildman–Crippen LogP) is 6.21. The van der Waals surface area contributed by atoms with E-state index in [4.69, 9.17) is 4.43 Å². The van der Waals surface area contributed by atoms with Crippen molar-refractivity contribution in [1.82, 2.24) is 0 Å². The number of aliphatic hydroxyl groups excluding tert-OH is 1. The van der Waals surface area contributed by atoms with Gasteiger partial charge in [-0.3, -0.25) is 4.79 Å². The molecule has 0 aromatic heterocycles. The van der Waals surface area contributed by atoms with E-state index in [0.29, 0.717) is 22.5 Å². The first kappa shape index (κ1) is 25.8. The molecule has 3 nitrogen and oxygen atoms in total. The Balaban J connectivity index is 5.61. The zero-order chi connectivity index (χ0) is 21.0. The van der Waals surface area contributed by atoms with Crippen LogP contribution in [-0.4, -0.2) is 31.4 Å². The summed E-state index contributed by atoms with van der Waals surface area (Å²) in [5, 5.41) is 10.8. The molecule has 0 radical (unpaired) electrons. The summed E-state index contributed by atoms with van der Waals surface area (Å²) < 4.78 is 7.00. The fourth-order valence-corrected chi connectivity index (χ4v) is 10.2. The molecule has 0 aromatic carbocycles. The molecule has 26 heavy (non-hydrogen) atoms. The first-order valence-corrected chi connectivity index (χ1v) is 12.6. The third kappa shape index (κ3) is 6.17. The maximum Gasteiger partial charge on any atom is 0.200 e. The van der Waals surface area contributed by atoms with Gasteiger partial charge in [0.1, 0.15) is 5.78 Å². The summed E-state index contributed by atoms with van der Waals surface area (Å²) in [7, 11) is -2.03. The normalized spacial score (nSPS) is 17.3. The Kier molecular flexibility index (Phi) is 9.76. The molecule has 0 saturated heterocycles. The standard InChI is InChI=1S/C22H46O3Si/c1-14(2)21(18(9)19(23)13-20(24)22(10,11)12)25-26(15(3)4,16(5)6)17(7)8/h14-19,21,23H,13H2,1-12H3/t18-,19+,21-/m0/s1. The molecule has 0 aliphatic rings. The van der Waals surface area contributed by atoms with E-state index in [0.717, 1.165) is 0 Å². The SMILES string of the molecule is CC(C)[C@H](O[Si](C(C)C)(C(C)C)C(C)C)[C@@H](C)[C@H](O)CC(=O)C(C)(C)C. The second kappa shape index (κ2) is 9.84. The van der Waals surface area contributed by atoms with E-state index >= 15 is 0 Å². The number of carbonyl (C=O) groups excluding carboxylic acids is 1. The van der Waals surface area contributed by atoms with Crippen LogP contribution in [0.15, 0.2) is 0 Å². The fourth-order valence-electron chi connectivity index (χ4n) is 4.40. The topological polar surface area (TPSA) is 46.5 Å². The smallest absolute Gasteiger partial charge is 0.200 e. The van der Waals surface area contributed by atoms with E-state index in [1.165, 1.54) is 0 Å². The van der Waals surface area contributed by atoms with E-state index in [1.54, 1.807) is 0 Å². The predicted molar refractivity (Wildman–Crippen MR) is 115 cm³/mol. The van der Waals surface area contributed by atoms with Crippen LogP contribution >= 0.6 is 0 Å². The lowest BCUT2D eigenvalue weighted by Crippen LogP contribution is -2.53. The van der Waals surface area contributed by atoms with Crippen LogP contribution in [0.1, 0.15) is 89.5 Å². The Morgan fingerprint density at radius 2 is 1.27 bits per heavy atom. The molecule has 0 aliphatic heterocycles. The van der Waals surface area contributed by atoms with Crippen molar-refractivity contribution < 1.29 is 14.3 Å². The Labute approximate surface area is 164 Å². The van der Waals surface area contributed by atoms with Crippen molar-refractivity contribution in [2.45, 2.75) is 118 Å². The number of Topliss-reactive ketones (excluding diaryl/α,β-unsaturated/α-hetero) is 1. The minimum Gasteiger partial charge on any atom is -0.413 e. The molecule has 0 aromatic rings. The number of carbonyl (C=O) groups is 1. The van der Waals surface area contributed by atoms with Crippen molar-refractivity contribution in [3.05, 3.63) is 0 Å². The summed E-state index contributed by atoms with van der Waals surface area (Å²) in [6.07, 6.45) is -0.486. The molecule has 0 bridgehead atoms. The number of hydrogen-bond acceptors (Lipinski definition) is 3. The average Bonchev–Trinajstić information content (AvgIpc) is 2.44. The molecule has 0 amide bonds. The van der Waals surface area contributed by atoms with Gasteiger partial charge in [-0.25, -0.2) is 0 Å². The minimum absolute atomic E-state index is 0.0309. The van der Waals surface area contributed by atoms with Gasteiger partial charge in [0.05, 0.1) is 12.2 Å². The van der Waals surface area contributed by atoms with Crippen LogP contribution < -0.4 is 0 Å². The first-order valence-electron chi connectivity index (χ1n) is 10.5. The molecule has 0 rings (SSSR count). The highest BCUT2D eigenvalue weighted by Gasteiger charge is 2.48. The van der Waals surface area contributed by atoms with Crippen molar-refractivity contribution in [2.75, 3.05) is 0 Å². The first-order chi connectivity index (χ1) is 11.6. The molecule has 0 heterocycles. The van der Waals surface area contributed by atoms with Crippen LogP contribution in [0.4, 0.5) is 0 Å². The maximum atomic E-state index is 12.4. The fraction of sp³-hybridized carbons (Fsp3) is 0.955. The van der Waals surface area contributed by atoms with Crippen molar-refractivity contribution in [3.8, 4) is 0 Å². The zero-order valence-electron chi connectivity index (χ0n) is 19.5. The third-order valence-electron chi connectivity index (χ3n) is 6.06. The van der Waals surface area contributed by atoms with E-state index in [2.05, 4.69) is 55.4 Å². The van der Waals surface area contributed by atoms with Gasteiger partial charge in [0.2, 0.25) is 8.32 Å². The van der Waals surface area contributed by atoms with Crippen molar-refractivity contribution in [1.29, 1.82) is 0 Å². The quantitative estimate of drug-likeness (QED) is 0.454. The summed E-state index contributed by atoms with van der Waals surface area (Å²) in [5.74, 6) is 0.344. The molecule has 0 saturated carbocycles. The molecule has 156 valence electrons. The average molecular weight is 387 g/mol. The van der Waals surface area contributed by atoms with Gasteiger partial charge in [-0.2, -0.15) is 0 Å². The van der Waals surface area contributed by atoms with Gasteiger partial charge in [0.15, 0.2) is 0 Å². The summed E-state index contributed by atoms with van der Waals surface area (Å²) in [4.78, 5) is 12.4. The Morgan fingerprint density at radius 1 is 0.885 bits per heavy atom. The molecular formula is C22H46O3Si. The second-order valence-electron chi connectivity index (χ2n) is 10.4. The van der Waals surface area contributed by atoms with E-state index < -0.39 is 19.8 Å². The van der Waals surface area contributed by atoms with Crippen LogP contribution in [0.25, 0.3) is 0 Å². The summed E-state index contributed by atoms with van der Waals surface area (Å²) in [6.45, 7) is 25.8. The zero-order valence-corrected chi connectivity index (χ0v) is 20.5. The van der Waals surface area contributed by atoms with Gasteiger partial charge in [0, 0.05) is 17.8 Å². The molecule has 0 unspecified atom stereocenters. The molecule has 4 heteroatoms. The summed E-state index contributed by atoms with van der Waals surface area (Å²) >= 11 is 0. The molecule has 0 spiro atoms. The molecular weight excluding hydrogens is 340 g/mol. The van der Waals surface area contributed by atoms with Gasteiger partial charge < -0.3 is 9.53 Å². The lowest BCUT2D eigenvalue weighted by atomic mass is 9.82. The Morgan fingerprint density at radius 3 is 1.54 bits per heavy atom. The molecule has 1 N–H and O–H groups in total. The van der Waals surface area contributed by atoms with Crippen LogP contribution in [0.3, 0.4) is 0 Å². The van der Waals surface area contributed by atoms with Crippen LogP contribution in [0.5, 0.6) is 0 Å². The van der Waals surface area contributed by atoms with Crippen molar-refractivity contribution >= 4 is 14.1 Å². The molecule has 0 aliphatic carbocycles. The highest BCUT2D eigenvalue weighted by atomic mass is 28.4. The van der Waals surface area contributed by atoms with Gasteiger partial charge in [-0.1, -0.05) is 83.1 Å². The van der Waals surface area contributed by atoms with Gasteiger partial charge in [-0.15, -0.1) is 0 Å². The highest BCUT2D eigenvalue weighted by Crippen LogP contribution is 2.44. The van der Waals surface area contributed by atoms with E-state index in [1.807, 2.05) is 27.7 Å². The summed E-state index contributed by atoms with van der Waals surface area (Å²) in [5.41, 5.74) is 1.10.